The van der Waals surface area contributed by atoms with E-state index in [1.54, 1.807) is 12.3 Å². The Bertz CT molecular complexity index is 648. The van der Waals surface area contributed by atoms with Crippen LogP contribution in [-0.2, 0) is 0 Å². The zero-order valence-electron chi connectivity index (χ0n) is 9.95. The molecule has 0 aliphatic heterocycles. The van der Waals surface area contributed by atoms with Crippen LogP contribution in [0.1, 0.15) is 15.9 Å². The zero-order valence-corrected chi connectivity index (χ0v) is 12.3. The van der Waals surface area contributed by atoms with Gasteiger partial charge in [0.25, 0.3) is 5.91 Å². The van der Waals surface area contributed by atoms with Gasteiger partial charge >= 0.3 is 0 Å². The van der Waals surface area contributed by atoms with Crippen LogP contribution in [0.5, 0.6) is 0 Å². The highest BCUT2D eigenvalue weighted by atomic mass is 79.9. The van der Waals surface area contributed by atoms with E-state index < -0.39 is 0 Å². The summed E-state index contributed by atoms with van der Waals surface area (Å²) >= 11 is 9.15. The first-order valence-corrected chi connectivity index (χ1v) is 6.49. The Balaban J connectivity index is 2.25. The van der Waals surface area contributed by atoms with Crippen molar-refractivity contribution < 1.29 is 4.79 Å². The molecule has 2 heterocycles. The second-order valence-electron chi connectivity index (χ2n) is 3.89. The minimum Gasteiger partial charge on any atom is -0.397 e. The molecule has 0 bridgehead atoms. The summed E-state index contributed by atoms with van der Waals surface area (Å²) in [4.78, 5) is 20.0. The van der Waals surface area contributed by atoms with Crippen LogP contribution in [-0.4, -0.2) is 15.9 Å². The van der Waals surface area contributed by atoms with Gasteiger partial charge in [0.05, 0.1) is 29.3 Å². The number of nitrogen functional groups attached to an aromatic ring is 1. The third-order valence-corrected chi connectivity index (χ3v) is 3.51. The van der Waals surface area contributed by atoms with Gasteiger partial charge in [0, 0.05) is 0 Å². The first kappa shape index (κ1) is 13.8. The number of anilines is 2. The number of hydrogen-bond acceptors (Lipinski definition) is 4. The monoisotopic (exact) mass is 340 g/mol. The summed E-state index contributed by atoms with van der Waals surface area (Å²) in [6, 6.07) is 3.27. The topological polar surface area (TPSA) is 80.9 Å². The van der Waals surface area contributed by atoms with E-state index in [0.717, 1.165) is 10.2 Å². The van der Waals surface area contributed by atoms with Gasteiger partial charge in [-0.3, -0.25) is 4.79 Å². The normalized spacial score (nSPS) is 10.3. The molecule has 0 aromatic carbocycles. The number of carbonyl (C=O) groups excluding carboxylic acids is 1. The fourth-order valence-electron chi connectivity index (χ4n) is 1.45. The average Bonchev–Trinajstić information content (AvgIpc) is 2.36. The number of carbonyl (C=O) groups is 1. The second-order valence-corrected chi connectivity index (χ2v) is 5.00. The number of nitrogens with zero attached hydrogens (tertiary/aromatic N) is 2. The number of pyridine rings is 2. The largest absolute Gasteiger partial charge is 0.397 e. The number of aryl methyl sites for hydroxylation is 1. The molecule has 2 rings (SSSR count). The van der Waals surface area contributed by atoms with Crippen molar-refractivity contribution in [2.75, 3.05) is 11.1 Å². The number of hydrogen-bond donors (Lipinski definition) is 2. The van der Waals surface area contributed by atoms with Gasteiger partial charge < -0.3 is 11.1 Å². The summed E-state index contributed by atoms with van der Waals surface area (Å²) < 4.78 is 0.731. The van der Waals surface area contributed by atoms with Gasteiger partial charge in [-0.25, -0.2) is 9.97 Å². The minimum absolute atomic E-state index is 0.105. The summed E-state index contributed by atoms with van der Waals surface area (Å²) in [7, 11) is 0. The molecule has 0 unspecified atom stereocenters. The van der Waals surface area contributed by atoms with Crippen LogP contribution >= 0.6 is 27.5 Å². The fraction of sp³-hybridized carbons (Fsp3) is 0.0833. The lowest BCUT2D eigenvalue weighted by Gasteiger charge is -2.08. The van der Waals surface area contributed by atoms with Crippen LogP contribution < -0.4 is 11.1 Å². The summed E-state index contributed by atoms with van der Waals surface area (Å²) in [6.45, 7) is 1.88. The van der Waals surface area contributed by atoms with Gasteiger partial charge in [-0.1, -0.05) is 11.6 Å². The van der Waals surface area contributed by atoms with Crippen molar-refractivity contribution in [3.63, 3.8) is 0 Å². The SMILES string of the molecule is Cc1cc(NC(=O)c2cc(N)cnc2Cl)cnc1Br. The standard InChI is InChI=1S/C12H10BrClN4O/c1-6-2-8(5-16-10(6)13)18-12(19)9-3-7(15)4-17-11(9)14/h2-5H,15H2,1H3,(H,18,19). The van der Waals surface area contributed by atoms with Crippen LogP contribution in [0.25, 0.3) is 0 Å². The van der Waals surface area contributed by atoms with Crippen molar-refractivity contribution in [3.05, 3.63) is 45.4 Å². The first-order chi connectivity index (χ1) is 8.97. The molecular formula is C12H10BrClN4O. The third kappa shape index (κ3) is 3.21. The number of nitrogens with two attached hydrogens (primary N) is 1. The zero-order chi connectivity index (χ0) is 14.0. The molecule has 2 aromatic heterocycles. The molecule has 3 N–H and O–H groups in total. The molecule has 0 atom stereocenters. The minimum atomic E-state index is -0.381. The highest BCUT2D eigenvalue weighted by Crippen LogP contribution is 2.20. The summed E-state index contributed by atoms with van der Waals surface area (Å²) in [5.74, 6) is -0.381. The Morgan fingerprint density at radius 2 is 2.11 bits per heavy atom. The first-order valence-electron chi connectivity index (χ1n) is 5.32. The molecule has 0 saturated heterocycles. The maximum Gasteiger partial charge on any atom is 0.258 e. The lowest BCUT2D eigenvalue weighted by Crippen LogP contribution is -2.13. The fourth-order valence-corrected chi connectivity index (χ4v) is 1.85. The van der Waals surface area contributed by atoms with E-state index >= 15 is 0 Å². The van der Waals surface area contributed by atoms with Crippen molar-refractivity contribution in [1.82, 2.24) is 9.97 Å². The number of nitrogens with one attached hydrogen (secondary N) is 1. The molecule has 1 amide bonds. The van der Waals surface area contributed by atoms with E-state index in [1.807, 2.05) is 6.92 Å². The summed E-state index contributed by atoms with van der Waals surface area (Å²) in [5.41, 5.74) is 7.67. The van der Waals surface area contributed by atoms with Crippen LogP contribution in [0.15, 0.2) is 29.1 Å². The number of amides is 1. The molecule has 0 spiro atoms. The van der Waals surface area contributed by atoms with Crippen LogP contribution in [0.3, 0.4) is 0 Å². The Labute approximate surface area is 123 Å². The Kier molecular flexibility index (Phi) is 4.01. The molecule has 0 aliphatic rings. The van der Waals surface area contributed by atoms with Gasteiger partial charge in [-0.2, -0.15) is 0 Å². The molecular weight excluding hydrogens is 332 g/mol. The van der Waals surface area contributed by atoms with Gasteiger partial charge in [-0.05, 0) is 40.5 Å². The molecule has 0 saturated carbocycles. The van der Waals surface area contributed by atoms with Gasteiger partial charge in [-0.15, -0.1) is 0 Å². The van der Waals surface area contributed by atoms with E-state index in [2.05, 4.69) is 31.2 Å². The van der Waals surface area contributed by atoms with Gasteiger partial charge in [0.2, 0.25) is 0 Å². The Morgan fingerprint density at radius 3 is 2.79 bits per heavy atom. The van der Waals surface area contributed by atoms with Crippen molar-refractivity contribution in [2.45, 2.75) is 6.92 Å². The molecule has 7 heteroatoms. The number of halogens is 2. The predicted octanol–water partition coefficient (Wildman–Crippen LogP) is 3.04. The quantitative estimate of drug-likeness (QED) is 0.823. The molecule has 2 aromatic rings. The smallest absolute Gasteiger partial charge is 0.258 e. The van der Waals surface area contributed by atoms with Crippen molar-refractivity contribution in [2.24, 2.45) is 0 Å². The van der Waals surface area contributed by atoms with Gasteiger partial charge in [0.15, 0.2) is 0 Å². The number of aromatic nitrogens is 2. The highest BCUT2D eigenvalue weighted by molar-refractivity contribution is 9.10. The van der Waals surface area contributed by atoms with Crippen molar-refractivity contribution in [1.29, 1.82) is 0 Å². The summed E-state index contributed by atoms with van der Waals surface area (Å²) in [5, 5.41) is 2.80. The van der Waals surface area contributed by atoms with E-state index in [0.29, 0.717) is 11.4 Å². The Morgan fingerprint density at radius 1 is 1.37 bits per heavy atom. The Hall–Kier alpha value is -1.66. The lowest BCUT2D eigenvalue weighted by atomic mass is 10.2. The number of rotatable bonds is 2. The third-order valence-electron chi connectivity index (χ3n) is 2.38. The molecule has 19 heavy (non-hydrogen) atoms. The maximum atomic E-state index is 12.1. The highest BCUT2D eigenvalue weighted by Gasteiger charge is 2.12. The van der Waals surface area contributed by atoms with Crippen LogP contribution in [0.2, 0.25) is 5.15 Å². The lowest BCUT2D eigenvalue weighted by molar-refractivity contribution is 0.102. The average molecular weight is 342 g/mol. The van der Waals surface area contributed by atoms with Crippen LogP contribution in [0.4, 0.5) is 11.4 Å². The van der Waals surface area contributed by atoms with E-state index in [4.69, 9.17) is 17.3 Å². The van der Waals surface area contributed by atoms with Crippen molar-refractivity contribution >= 4 is 44.8 Å². The summed E-state index contributed by atoms with van der Waals surface area (Å²) in [6.07, 6.45) is 2.94. The predicted molar refractivity (Wildman–Crippen MR) is 78.3 cm³/mol. The molecule has 98 valence electrons. The molecule has 0 radical (unpaired) electrons. The molecule has 0 aliphatic carbocycles. The van der Waals surface area contributed by atoms with Crippen LogP contribution in [0, 0.1) is 6.92 Å². The second kappa shape index (κ2) is 5.54. The van der Waals surface area contributed by atoms with Gasteiger partial charge in [0.1, 0.15) is 9.76 Å². The molecule has 5 nitrogen and oxygen atoms in total. The van der Waals surface area contributed by atoms with E-state index in [1.165, 1.54) is 12.3 Å². The maximum absolute atomic E-state index is 12.1. The van der Waals surface area contributed by atoms with Crippen molar-refractivity contribution in [3.8, 4) is 0 Å². The molecule has 0 fully saturated rings. The van der Waals surface area contributed by atoms with E-state index in [-0.39, 0.29) is 16.6 Å². The van der Waals surface area contributed by atoms with E-state index in [9.17, 15) is 4.79 Å².